The molecular formula is C14H21ClN4O5. The van der Waals surface area contributed by atoms with Crippen molar-refractivity contribution in [2.45, 2.75) is 44.8 Å². The molecule has 0 bridgehead atoms. The van der Waals surface area contributed by atoms with Crippen LogP contribution in [0, 0.1) is 0 Å². The van der Waals surface area contributed by atoms with Gasteiger partial charge in [0, 0.05) is 19.1 Å². The lowest BCUT2D eigenvalue weighted by Crippen LogP contribution is -2.41. The SMILES string of the molecule is CCOC(=O)Cn1ncn(C2CCN(C(=O)OC(C)Cl)CC2)c1=O. The van der Waals surface area contributed by atoms with Gasteiger partial charge in [-0.3, -0.25) is 9.36 Å². The third-order valence-corrected chi connectivity index (χ3v) is 3.81. The lowest BCUT2D eigenvalue weighted by atomic mass is 10.1. The van der Waals surface area contributed by atoms with Gasteiger partial charge in [0.25, 0.3) is 0 Å². The fourth-order valence-electron chi connectivity index (χ4n) is 2.58. The van der Waals surface area contributed by atoms with Gasteiger partial charge < -0.3 is 14.4 Å². The summed E-state index contributed by atoms with van der Waals surface area (Å²) in [6.07, 6.45) is 2.15. The zero-order valence-electron chi connectivity index (χ0n) is 13.7. The van der Waals surface area contributed by atoms with E-state index >= 15 is 0 Å². The molecular weight excluding hydrogens is 340 g/mol. The second kappa shape index (κ2) is 8.18. The van der Waals surface area contributed by atoms with Crippen molar-refractivity contribution in [2.24, 2.45) is 0 Å². The Morgan fingerprint density at radius 3 is 2.67 bits per heavy atom. The van der Waals surface area contributed by atoms with E-state index in [1.165, 1.54) is 10.9 Å². The molecule has 1 aromatic heterocycles. The first-order valence-corrected chi connectivity index (χ1v) is 8.25. The lowest BCUT2D eigenvalue weighted by Gasteiger charge is -2.31. The predicted molar refractivity (Wildman–Crippen MR) is 84.8 cm³/mol. The van der Waals surface area contributed by atoms with Crippen LogP contribution >= 0.6 is 11.6 Å². The third kappa shape index (κ3) is 4.50. The molecule has 0 spiro atoms. The number of alkyl halides is 1. The van der Waals surface area contributed by atoms with Gasteiger partial charge in [-0.1, -0.05) is 11.6 Å². The number of esters is 1. The Morgan fingerprint density at radius 1 is 1.42 bits per heavy atom. The number of halogens is 1. The number of piperidine rings is 1. The summed E-state index contributed by atoms with van der Waals surface area (Å²) < 4.78 is 12.3. The van der Waals surface area contributed by atoms with E-state index in [0.717, 1.165) is 4.68 Å². The highest BCUT2D eigenvalue weighted by atomic mass is 35.5. The van der Waals surface area contributed by atoms with E-state index in [9.17, 15) is 14.4 Å². The van der Waals surface area contributed by atoms with Crippen LogP contribution < -0.4 is 5.69 Å². The minimum atomic E-state index is -0.682. The van der Waals surface area contributed by atoms with E-state index in [0.29, 0.717) is 25.9 Å². The number of hydrogen-bond acceptors (Lipinski definition) is 6. The molecule has 2 rings (SSSR count). The molecule has 0 aromatic carbocycles. The molecule has 24 heavy (non-hydrogen) atoms. The van der Waals surface area contributed by atoms with Gasteiger partial charge in [0.2, 0.25) is 0 Å². The summed E-state index contributed by atoms with van der Waals surface area (Å²) in [6, 6.07) is -0.0779. The summed E-state index contributed by atoms with van der Waals surface area (Å²) >= 11 is 5.64. The van der Waals surface area contributed by atoms with Crippen molar-refractivity contribution in [2.75, 3.05) is 19.7 Å². The summed E-state index contributed by atoms with van der Waals surface area (Å²) in [7, 11) is 0. The lowest BCUT2D eigenvalue weighted by molar-refractivity contribution is -0.144. The summed E-state index contributed by atoms with van der Waals surface area (Å²) in [5.74, 6) is -0.502. The molecule has 1 fully saturated rings. The molecule has 1 atom stereocenters. The Balaban J connectivity index is 1.95. The molecule has 1 amide bonds. The van der Waals surface area contributed by atoms with Crippen LogP contribution in [0.15, 0.2) is 11.1 Å². The van der Waals surface area contributed by atoms with Crippen molar-refractivity contribution in [3.05, 3.63) is 16.8 Å². The summed E-state index contributed by atoms with van der Waals surface area (Å²) in [4.78, 5) is 37.1. The second-order valence-corrected chi connectivity index (χ2v) is 6.04. The number of likely N-dealkylation sites (tertiary alicyclic amines) is 1. The average Bonchev–Trinajstić information content (AvgIpc) is 2.88. The fourth-order valence-corrected chi connectivity index (χ4v) is 2.65. The van der Waals surface area contributed by atoms with Crippen LogP contribution in [-0.4, -0.2) is 56.6 Å². The van der Waals surface area contributed by atoms with Gasteiger partial charge in [0.05, 0.1) is 6.61 Å². The Kier molecular flexibility index (Phi) is 6.24. The number of ether oxygens (including phenoxy) is 2. The molecule has 0 saturated carbocycles. The van der Waals surface area contributed by atoms with Crippen molar-refractivity contribution < 1.29 is 19.1 Å². The quantitative estimate of drug-likeness (QED) is 0.573. The fraction of sp³-hybridized carbons (Fsp3) is 0.714. The minimum Gasteiger partial charge on any atom is -0.465 e. The van der Waals surface area contributed by atoms with Gasteiger partial charge in [-0.05, 0) is 26.7 Å². The normalized spacial score (nSPS) is 16.7. The van der Waals surface area contributed by atoms with Crippen molar-refractivity contribution in [3.8, 4) is 0 Å². The largest absolute Gasteiger partial charge is 0.465 e. The summed E-state index contributed by atoms with van der Waals surface area (Å²) in [6.45, 7) is 4.24. The minimum absolute atomic E-state index is 0.0779. The first-order chi connectivity index (χ1) is 11.4. The smallest absolute Gasteiger partial charge is 0.411 e. The first-order valence-electron chi connectivity index (χ1n) is 7.81. The molecule has 9 nitrogen and oxygen atoms in total. The standard InChI is InChI=1S/C14H21ClN4O5/c1-3-23-12(20)8-19-13(21)18(9-16-19)11-4-6-17(7-5-11)14(22)24-10(2)15/h9-11H,3-8H2,1-2H3. The van der Waals surface area contributed by atoms with Crippen molar-refractivity contribution in [3.63, 3.8) is 0 Å². The predicted octanol–water partition coefficient (Wildman–Crippen LogP) is 0.966. The Morgan fingerprint density at radius 2 is 2.08 bits per heavy atom. The molecule has 134 valence electrons. The summed E-state index contributed by atoms with van der Waals surface area (Å²) in [5, 5.41) is 3.95. The highest BCUT2D eigenvalue weighted by molar-refractivity contribution is 6.19. The van der Waals surface area contributed by atoms with E-state index in [2.05, 4.69) is 5.10 Å². The van der Waals surface area contributed by atoms with Crippen LogP contribution in [-0.2, 0) is 20.8 Å². The van der Waals surface area contributed by atoms with Crippen LogP contribution in [0.25, 0.3) is 0 Å². The van der Waals surface area contributed by atoms with Gasteiger partial charge >= 0.3 is 17.8 Å². The van der Waals surface area contributed by atoms with Crippen LogP contribution in [0.4, 0.5) is 4.79 Å². The Bertz CT molecular complexity index is 633. The van der Waals surface area contributed by atoms with E-state index in [-0.39, 0.29) is 24.9 Å². The molecule has 1 saturated heterocycles. The Hall–Kier alpha value is -2.03. The van der Waals surface area contributed by atoms with Crippen LogP contribution in [0.5, 0.6) is 0 Å². The van der Waals surface area contributed by atoms with Crippen molar-refractivity contribution in [1.29, 1.82) is 0 Å². The molecule has 1 aliphatic rings. The van der Waals surface area contributed by atoms with Crippen molar-refractivity contribution >= 4 is 23.7 Å². The van der Waals surface area contributed by atoms with E-state index in [1.807, 2.05) is 0 Å². The molecule has 1 aromatic rings. The number of amides is 1. The summed E-state index contributed by atoms with van der Waals surface area (Å²) in [5.41, 5.74) is -1.04. The van der Waals surface area contributed by atoms with Gasteiger partial charge in [0.1, 0.15) is 12.9 Å². The van der Waals surface area contributed by atoms with E-state index in [4.69, 9.17) is 21.1 Å². The van der Waals surface area contributed by atoms with Gasteiger partial charge in [-0.25, -0.2) is 14.3 Å². The van der Waals surface area contributed by atoms with Gasteiger partial charge in [-0.2, -0.15) is 5.10 Å². The molecule has 0 aliphatic carbocycles. The van der Waals surface area contributed by atoms with Crippen LogP contribution in [0.1, 0.15) is 32.7 Å². The molecule has 0 radical (unpaired) electrons. The molecule has 0 N–H and O–H groups in total. The maximum Gasteiger partial charge on any atom is 0.411 e. The monoisotopic (exact) mass is 360 g/mol. The maximum absolute atomic E-state index is 12.3. The highest BCUT2D eigenvalue weighted by Gasteiger charge is 2.27. The second-order valence-electron chi connectivity index (χ2n) is 5.43. The number of rotatable bonds is 5. The van der Waals surface area contributed by atoms with Crippen molar-refractivity contribution in [1.82, 2.24) is 19.2 Å². The van der Waals surface area contributed by atoms with E-state index < -0.39 is 17.6 Å². The maximum atomic E-state index is 12.3. The number of aromatic nitrogens is 3. The van der Waals surface area contributed by atoms with Gasteiger partial charge in [-0.15, -0.1) is 0 Å². The number of hydrogen-bond donors (Lipinski definition) is 0. The molecule has 10 heteroatoms. The number of carbonyl (C=O) groups excluding carboxylic acids is 2. The highest BCUT2D eigenvalue weighted by Crippen LogP contribution is 2.21. The zero-order valence-corrected chi connectivity index (χ0v) is 14.4. The molecule has 1 unspecified atom stereocenters. The molecule has 1 aliphatic heterocycles. The zero-order chi connectivity index (χ0) is 17.7. The van der Waals surface area contributed by atoms with Gasteiger partial charge in [0.15, 0.2) is 5.56 Å². The van der Waals surface area contributed by atoms with Crippen LogP contribution in [0.2, 0.25) is 0 Å². The first kappa shape index (κ1) is 18.3. The Labute approximate surface area is 144 Å². The average molecular weight is 361 g/mol. The molecule has 2 heterocycles. The number of nitrogens with zero attached hydrogens (tertiary/aromatic N) is 4. The topological polar surface area (TPSA) is 95.7 Å². The van der Waals surface area contributed by atoms with Crippen LogP contribution in [0.3, 0.4) is 0 Å². The van der Waals surface area contributed by atoms with E-state index in [1.54, 1.807) is 18.7 Å². The third-order valence-electron chi connectivity index (χ3n) is 3.72. The number of carbonyl (C=O) groups is 2.